The Bertz CT molecular complexity index is 542. The number of hydrogen-bond donors (Lipinski definition) is 0. The predicted octanol–water partition coefficient (Wildman–Crippen LogP) is 8.04. The number of rotatable bonds is 12. The molecule has 2 heteroatoms. The van der Waals surface area contributed by atoms with Gasteiger partial charge < -0.3 is 0 Å². The third kappa shape index (κ3) is 5.19. The van der Waals surface area contributed by atoms with Crippen LogP contribution < -0.4 is 0 Å². The van der Waals surface area contributed by atoms with Crippen LogP contribution in [0, 0.1) is 23.2 Å². The highest BCUT2D eigenvalue weighted by molar-refractivity contribution is 7.17. The lowest BCUT2D eigenvalue weighted by Gasteiger charge is -2.47. The quantitative estimate of drug-likeness (QED) is 0.183. The first-order valence-electron chi connectivity index (χ1n) is 10.4. The molecule has 148 valence electrons. The lowest BCUT2D eigenvalue weighted by Crippen LogP contribution is -2.36. The first-order valence-corrected chi connectivity index (χ1v) is 11.1. The van der Waals surface area contributed by atoms with Gasteiger partial charge in [0.1, 0.15) is 5.91 Å². The summed E-state index contributed by atoms with van der Waals surface area (Å²) in [5.41, 5.74) is 3.08. The molecule has 0 bridgehead atoms. The Labute approximate surface area is 164 Å². The van der Waals surface area contributed by atoms with Gasteiger partial charge in [-0.3, -0.25) is 0 Å². The van der Waals surface area contributed by atoms with Crippen LogP contribution in [0.25, 0.3) is 0 Å². The van der Waals surface area contributed by atoms with Crippen LogP contribution in [0.2, 0.25) is 0 Å². The summed E-state index contributed by atoms with van der Waals surface area (Å²) in [6, 6.07) is 0. The molecule has 6 unspecified atom stereocenters. The maximum absolute atomic E-state index is 14.0. The summed E-state index contributed by atoms with van der Waals surface area (Å²) in [4.78, 5) is 0. The highest BCUT2D eigenvalue weighted by Gasteiger charge is 2.43. The average molecular weight is 379 g/mol. The van der Waals surface area contributed by atoms with Crippen molar-refractivity contribution < 1.29 is 4.39 Å². The molecule has 0 spiro atoms. The molecule has 0 saturated carbocycles. The standard InChI is InChI=1S/C24H40FP/c1-8-12-18(5)21(13-9-2)22(16-19(6)23(25)26)24(14-11-15-24)20(7)17(4)10-3/h11,14,16-18,21,23H,6-10,12-13,15,26H2,1-5H3/b22-16-. The zero-order valence-corrected chi connectivity index (χ0v) is 18.8. The molecule has 0 aromatic rings. The smallest absolute Gasteiger partial charge is 0.137 e. The number of hydrogen-bond acceptors (Lipinski definition) is 0. The molecule has 0 amide bonds. The van der Waals surface area contributed by atoms with Gasteiger partial charge >= 0.3 is 0 Å². The summed E-state index contributed by atoms with van der Waals surface area (Å²) in [6.45, 7) is 19.9. The van der Waals surface area contributed by atoms with E-state index in [9.17, 15) is 4.39 Å². The predicted molar refractivity (Wildman–Crippen MR) is 119 cm³/mol. The SMILES string of the molecule is C=C(/C=C(/C(CCC)C(C)CCC)C1(C(=C)C(C)CC)C=CC1)C(F)P. The number of alkyl halides is 1. The fraction of sp³-hybridized carbons (Fsp3) is 0.667. The Hall–Kier alpha value is -0.680. The normalized spacial score (nSPS) is 24.5. The molecule has 1 rings (SSSR count). The highest BCUT2D eigenvalue weighted by atomic mass is 31.0. The van der Waals surface area contributed by atoms with Crippen LogP contribution in [-0.2, 0) is 0 Å². The van der Waals surface area contributed by atoms with Gasteiger partial charge in [0.2, 0.25) is 0 Å². The van der Waals surface area contributed by atoms with E-state index in [-0.39, 0.29) is 5.41 Å². The molecule has 0 aromatic carbocycles. The lowest BCUT2D eigenvalue weighted by molar-refractivity contribution is 0.297. The Morgan fingerprint density at radius 2 is 1.77 bits per heavy atom. The summed E-state index contributed by atoms with van der Waals surface area (Å²) >= 11 is 0. The van der Waals surface area contributed by atoms with Crippen molar-refractivity contribution in [1.29, 1.82) is 0 Å². The number of allylic oxidation sites excluding steroid dienone is 6. The minimum Gasteiger partial charge on any atom is -0.238 e. The third-order valence-electron chi connectivity index (χ3n) is 6.26. The maximum atomic E-state index is 14.0. The first-order chi connectivity index (χ1) is 12.2. The van der Waals surface area contributed by atoms with Crippen molar-refractivity contribution in [1.82, 2.24) is 0 Å². The Kier molecular flexibility index (Phi) is 9.53. The van der Waals surface area contributed by atoms with Gasteiger partial charge in [-0.15, -0.1) is 0 Å². The lowest BCUT2D eigenvalue weighted by atomic mass is 9.57. The van der Waals surface area contributed by atoms with E-state index in [1.54, 1.807) is 0 Å². The summed E-state index contributed by atoms with van der Waals surface area (Å²) in [5, 5.41) is 0. The summed E-state index contributed by atoms with van der Waals surface area (Å²) in [6.07, 6.45) is 13.4. The topological polar surface area (TPSA) is 0 Å². The second-order valence-corrected chi connectivity index (χ2v) is 8.74. The van der Waals surface area contributed by atoms with Crippen LogP contribution in [0.3, 0.4) is 0 Å². The van der Waals surface area contributed by atoms with Gasteiger partial charge in [-0.1, -0.05) is 106 Å². The molecule has 0 N–H and O–H groups in total. The van der Waals surface area contributed by atoms with E-state index in [0.29, 0.717) is 23.3 Å². The molecule has 0 aromatic heterocycles. The van der Waals surface area contributed by atoms with Crippen molar-refractivity contribution >= 4 is 9.24 Å². The third-order valence-corrected chi connectivity index (χ3v) is 6.69. The van der Waals surface area contributed by atoms with Crippen LogP contribution in [0.15, 0.2) is 48.1 Å². The van der Waals surface area contributed by atoms with E-state index in [1.165, 1.54) is 24.0 Å². The van der Waals surface area contributed by atoms with E-state index in [0.717, 1.165) is 25.7 Å². The van der Waals surface area contributed by atoms with Gasteiger partial charge in [-0.25, -0.2) is 4.39 Å². The minimum absolute atomic E-state index is 0.111. The molecule has 0 nitrogen and oxygen atoms in total. The van der Waals surface area contributed by atoms with Crippen molar-refractivity contribution in [2.75, 3.05) is 0 Å². The minimum atomic E-state index is -1.09. The van der Waals surface area contributed by atoms with Gasteiger partial charge in [0, 0.05) is 5.41 Å². The van der Waals surface area contributed by atoms with E-state index in [2.05, 4.69) is 75.2 Å². The molecule has 26 heavy (non-hydrogen) atoms. The van der Waals surface area contributed by atoms with Crippen LogP contribution in [0.4, 0.5) is 4.39 Å². The fourth-order valence-corrected chi connectivity index (χ4v) is 4.33. The van der Waals surface area contributed by atoms with Crippen molar-refractivity contribution in [2.24, 2.45) is 23.2 Å². The molecule has 1 aliphatic carbocycles. The van der Waals surface area contributed by atoms with Crippen molar-refractivity contribution in [3.8, 4) is 0 Å². The zero-order chi connectivity index (χ0) is 19.9. The van der Waals surface area contributed by atoms with E-state index in [4.69, 9.17) is 0 Å². The largest absolute Gasteiger partial charge is 0.238 e. The summed E-state index contributed by atoms with van der Waals surface area (Å²) in [7, 11) is 2.24. The van der Waals surface area contributed by atoms with E-state index in [1.807, 2.05) is 0 Å². The van der Waals surface area contributed by atoms with E-state index < -0.39 is 5.91 Å². The molecular formula is C24H40FP. The summed E-state index contributed by atoms with van der Waals surface area (Å²) in [5.74, 6) is 0.396. The Balaban J connectivity index is 3.46. The Morgan fingerprint density at radius 3 is 2.15 bits per heavy atom. The van der Waals surface area contributed by atoms with Gasteiger partial charge in [0.05, 0.1) is 0 Å². The first kappa shape index (κ1) is 23.4. The van der Waals surface area contributed by atoms with Crippen molar-refractivity contribution in [3.63, 3.8) is 0 Å². The summed E-state index contributed by atoms with van der Waals surface area (Å²) < 4.78 is 14.0. The second kappa shape index (κ2) is 10.6. The highest BCUT2D eigenvalue weighted by Crippen LogP contribution is 2.54. The molecule has 6 atom stereocenters. The molecule has 0 saturated heterocycles. The maximum Gasteiger partial charge on any atom is 0.137 e. The average Bonchev–Trinajstić information content (AvgIpc) is 2.56. The molecule has 0 heterocycles. The van der Waals surface area contributed by atoms with Crippen LogP contribution in [0.5, 0.6) is 0 Å². The monoisotopic (exact) mass is 378 g/mol. The molecule has 0 radical (unpaired) electrons. The molecule has 0 aliphatic heterocycles. The molecule has 1 aliphatic rings. The van der Waals surface area contributed by atoms with Crippen molar-refractivity contribution in [2.45, 2.75) is 79.1 Å². The van der Waals surface area contributed by atoms with Gasteiger partial charge in [-0.2, -0.15) is 0 Å². The molecular weight excluding hydrogens is 338 g/mol. The number of halogens is 1. The van der Waals surface area contributed by atoms with Gasteiger partial charge in [0.25, 0.3) is 0 Å². The van der Waals surface area contributed by atoms with Crippen LogP contribution in [-0.4, -0.2) is 5.91 Å². The van der Waals surface area contributed by atoms with Gasteiger partial charge in [-0.05, 0) is 42.6 Å². The Morgan fingerprint density at radius 1 is 1.19 bits per heavy atom. The van der Waals surface area contributed by atoms with Crippen LogP contribution in [0.1, 0.15) is 73.1 Å². The molecule has 0 fully saturated rings. The van der Waals surface area contributed by atoms with Crippen molar-refractivity contribution in [3.05, 3.63) is 48.1 Å². The second-order valence-electron chi connectivity index (χ2n) is 8.15. The van der Waals surface area contributed by atoms with Gasteiger partial charge in [0.15, 0.2) is 0 Å². The zero-order valence-electron chi connectivity index (χ0n) is 17.7. The van der Waals surface area contributed by atoms with Crippen LogP contribution >= 0.6 is 9.24 Å². The fourth-order valence-electron chi connectivity index (χ4n) is 4.24. The van der Waals surface area contributed by atoms with E-state index >= 15 is 0 Å².